The third kappa shape index (κ3) is 5.90. The highest BCUT2D eigenvalue weighted by Crippen LogP contribution is 2.45. The molecule has 0 radical (unpaired) electrons. The van der Waals surface area contributed by atoms with E-state index in [0.29, 0.717) is 24.7 Å². The van der Waals surface area contributed by atoms with Gasteiger partial charge in [-0.05, 0) is 73.5 Å². The molecule has 0 aliphatic carbocycles. The molecule has 2 unspecified atom stereocenters. The highest BCUT2D eigenvalue weighted by Gasteiger charge is 2.31. The van der Waals surface area contributed by atoms with Gasteiger partial charge < -0.3 is 15.3 Å². The lowest BCUT2D eigenvalue weighted by atomic mass is 10.1. The van der Waals surface area contributed by atoms with Crippen molar-refractivity contribution in [2.75, 3.05) is 24.5 Å². The van der Waals surface area contributed by atoms with Crippen molar-refractivity contribution < 1.29 is 14.3 Å². The number of aliphatic hydroxyl groups is 1. The maximum Gasteiger partial charge on any atom is 0.251 e. The molecule has 1 amide bonds. The summed E-state index contributed by atoms with van der Waals surface area (Å²) in [6, 6.07) is 22.2. The zero-order valence-electron chi connectivity index (χ0n) is 20.9. The van der Waals surface area contributed by atoms with E-state index in [9.17, 15) is 14.3 Å². The molecule has 0 spiro atoms. The van der Waals surface area contributed by atoms with Crippen LogP contribution in [0.2, 0.25) is 0 Å². The molecule has 192 valence electrons. The molecule has 2 aliphatic heterocycles. The number of halogens is 1. The van der Waals surface area contributed by atoms with E-state index in [2.05, 4.69) is 17.1 Å². The first-order valence-corrected chi connectivity index (χ1v) is 13.6. The second-order valence-electron chi connectivity index (χ2n) is 9.50. The minimum Gasteiger partial charge on any atom is -0.369 e. The van der Waals surface area contributed by atoms with Crippen molar-refractivity contribution in [2.45, 2.75) is 43.5 Å². The number of aliphatic hydroxyl groups excluding tert-OH is 1. The number of carbonyl (C=O) groups is 1. The summed E-state index contributed by atoms with van der Waals surface area (Å²) in [7, 11) is 0. The average molecular weight is 518 g/mol. The zero-order chi connectivity index (χ0) is 25.8. The monoisotopic (exact) mass is 517 g/mol. The summed E-state index contributed by atoms with van der Waals surface area (Å²) in [6.07, 6.45) is 3.35. The van der Waals surface area contributed by atoms with Crippen LogP contribution in [-0.2, 0) is 6.54 Å². The quantitative estimate of drug-likeness (QED) is 0.433. The topological polar surface area (TPSA) is 55.8 Å². The molecule has 3 aromatic rings. The number of likely N-dealkylation sites (tertiary alicyclic amines) is 1. The van der Waals surface area contributed by atoms with Crippen molar-refractivity contribution in [2.24, 2.45) is 0 Å². The Morgan fingerprint density at radius 3 is 2.68 bits per heavy atom. The summed E-state index contributed by atoms with van der Waals surface area (Å²) in [5.41, 5.74) is 3.22. The number of hydrogen-bond acceptors (Lipinski definition) is 5. The lowest BCUT2D eigenvalue weighted by Gasteiger charge is -2.37. The number of nitrogens with zero attached hydrogens (tertiary/aromatic N) is 2. The number of thioether (sulfide) groups is 1. The molecule has 2 N–H and O–H groups in total. The molecular formula is C30H32FN3O2S. The fourth-order valence-electron chi connectivity index (χ4n) is 5.07. The molecule has 0 aromatic heterocycles. The van der Waals surface area contributed by atoms with Crippen LogP contribution in [0.1, 0.15) is 41.3 Å². The van der Waals surface area contributed by atoms with Crippen LogP contribution in [0.5, 0.6) is 0 Å². The van der Waals surface area contributed by atoms with Gasteiger partial charge in [-0.25, -0.2) is 4.39 Å². The van der Waals surface area contributed by atoms with Gasteiger partial charge in [-0.1, -0.05) is 61.2 Å². The van der Waals surface area contributed by atoms with E-state index in [-0.39, 0.29) is 11.7 Å². The maximum atomic E-state index is 13.5. The summed E-state index contributed by atoms with van der Waals surface area (Å²) < 4.78 is 13.5. The van der Waals surface area contributed by atoms with Gasteiger partial charge in [-0.3, -0.25) is 9.69 Å². The molecule has 1 saturated heterocycles. The second kappa shape index (κ2) is 11.5. The Hall–Kier alpha value is -3.13. The Labute approximate surface area is 222 Å². The predicted octanol–water partition coefficient (Wildman–Crippen LogP) is 5.51. The van der Waals surface area contributed by atoms with E-state index in [1.807, 2.05) is 59.5 Å². The molecule has 5 rings (SSSR count). The van der Waals surface area contributed by atoms with Crippen molar-refractivity contribution in [3.8, 4) is 0 Å². The Kier molecular flexibility index (Phi) is 7.93. The molecule has 1 fully saturated rings. The molecule has 0 bridgehead atoms. The lowest BCUT2D eigenvalue weighted by Crippen LogP contribution is -2.40. The van der Waals surface area contributed by atoms with Gasteiger partial charge in [0.25, 0.3) is 5.91 Å². The maximum absolute atomic E-state index is 13.5. The van der Waals surface area contributed by atoms with Gasteiger partial charge in [0, 0.05) is 34.5 Å². The number of carbonyl (C=O) groups excluding carboxylic acids is 1. The molecular weight excluding hydrogens is 485 g/mol. The summed E-state index contributed by atoms with van der Waals surface area (Å²) in [6.45, 7) is 5.24. The van der Waals surface area contributed by atoms with Crippen molar-refractivity contribution in [1.29, 1.82) is 0 Å². The lowest BCUT2D eigenvalue weighted by molar-refractivity contribution is 0.0941. The van der Waals surface area contributed by atoms with Gasteiger partial charge in [-0.15, -0.1) is 0 Å². The molecule has 0 saturated carbocycles. The fraction of sp³-hybridized carbons (Fsp3) is 0.300. The van der Waals surface area contributed by atoms with Crippen LogP contribution in [0, 0.1) is 5.82 Å². The standard InChI is InChI=1S/C30H32FN3O2S/c1-2-33-16-6-9-25(33)19-32-29(35)23-12-15-27-26(18-23)34(20-22-10-13-24(31)14-11-22)30(36)28(37-27)17-21-7-4-3-5-8-21/h3-5,7-8,10-15,17-18,25,30,36H,2,6,9,16,19-20H2,1H3,(H,32,35). The third-order valence-corrected chi connectivity index (χ3v) is 8.22. The van der Waals surface area contributed by atoms with Gasteiger partial charge in [0.1, 0.15) is 5.82 Å². The van der Waals surface area contributed by atoms with E-state index >= 15 is 0 Å². The van der Waals surface area contributed by atoms with Crippen LogP contribution in [0.3, 0.4) is 0 Å². The molecule has 3 aromatic carbocycles. The van der Waals surface area contributed by atoms with Gasteiger partial charge in [0.05, 0.1) is 5.69 Å². The van der Waals surface area contributed by atoms with Crippen LogP contribution < -0.4 is 10.2 Å². The van der Waals surface area contributed by atoms with E-state index in [1.54, 1.807) is 12.1 Å². The summed E-state index contributed by atoms with van der Waals surface area (Å²) in [4.78, 5) is 19.1. The van der Waals surface area contributed by atoms with E-state index < -0.39 is 6.23 Å². The van der Waals surface area contributed by atoms with E-state index in [4.69, 9.17) is 0 Å². The number of fused-ring (bicyclic) bond motifs is 1. The summed E-state index contributed by atoms with van der Waals surface area (Å²) >= 11 is 1.51. The van der Waals surface area contributed by atoms with Crippen LogP contribution in [0.4, 0.5) is 10.1 Å². The van der Waals surface area contributed by atoms with Crippen LogP contribution in [0.25, 0.3) is 6.08 Å². The zero-order valence-corrected chi connectivity index (χ0v) is 21.8. The number of hydrogen-bond donors (Lipinski definition) is 2. The van der Waals surface area contributed by atoms with Gasteiger partial charge in [-0.2, -0.15) is 0 Å². The first kappa shape index (κ1) is 25.5. The van der Waals surface area contributed by atoms with Crippen LogP contribution in [-0.4, -0.2) is 47.8 Å². The minimum atomic E-state index is -0.905. The van der Waals surface area contributed by atoms with Crippen molar-refractivity contribution in [1.82, 2.24) is 10.2 Å². The number of anilines is 1. The van der Waals surface area contributed by atoms with Gasteiger partial charge in [0.2, 0.25) is 0 Å². The Morgan fingerprint density at radius 1 is 1.14 bits per heavy atom. The largest absolute Gasteiger partial charge is 0.369 e. The molecule has 37 heavy (non-hydrogen) atoms. The van der Waals surface area contributed by atoms with Gasteiger partial charge >= 0.3 is 0 Å². The highest BCUT2D eigenvalue weighted by molar-refractivity contribution is 8.03. The number of rotatable bonds is 7. The Morgan fingerprint density at radius 2 is 1.92 bits per heavy atom. The van der Waals surface area contributed by atoms with Crippen LogP contribution >= 0.6 is 11.8 Å². The third-order valence-electron chi connectivity index (χ3n) is 7.09. The van der Waals surface area contributed by atoms with Crippen molar-refractivity contribution in [3.05, 3.63) is 100 Å². The Balaban J connectivity index is 1.42. The average Bonchev–Trinajstić information content (AvgIpc) is 3.39. The van der Waals surface area contributed by atoms with E-state index in [1.165, 1.54) is 30.3 Å². The number of likely N-dealkylation sites (N-methyl/N-ethyl adjacent to an activating group) is 1. The van der Waals surface area contributed by atoms with Crippen LogP contribution in [0.15, 0.2) is 82.6 Å². The second-order valence-corrected chi connectivity index (χ2v) is 10.6. The first-order chi connectivity index (χ1) is 18.0. The summed E-state index contributed by atoms with van der Waals surface area (Å²) in [5, 5.41) is 14.6. The SMILES string of the molecule is CCN1CCCC1CNC(=O)c1ccc2c(c1)N(Cc1ccc(F)cc1)C(O)C(=Cc1ccccc1)S2. The van der Waals surface area contributed by atoms with Crippen molar-refractivity contribution >= 4 is 29.4 Å². The number of amides is 1. The molecule has 2 heterocycles. The molecule has 2 aliphatic rings. The molecule has 7 heteroatoms. The molecule has 2 atom stereocenters. The predicted molar refractivity (Wildman–Crippen MR) is 148 cm³/mol. The molecule has 5 nitrogen and oxygen atoms in total. The van der Waals surface area contributed by atoms with Crippen molar-refractivity contribution in [3.63, 3.8) is 0 Å². The fourth-order valence-corrected chi connectivity index (χ4v) is 6.16. The minimum absolute atomic E-state index is 0.113. The smallest absolute Gasteiger partial charge is 0.251 e. The number of benzene rings is 3. The van der Waals surface area contributed by atoms with Gasteiger partial charge in [0.15, 0.2) is 6.23 Å². The normalized spacial score (nSPS) is 20.7. The first-order valence-electron chi connectivity index (χ1n) is 12.8. The number of nitrogens with one attached hydrogen (secondary N) is 1. The Bertz CT molecular complexity index is 1270. The highest BCUT2D eigenvalue weighted by atomic mass is 32.2. The van der Waals surface area contributed by atoms with E-state index in [0.717, 1.165) is 46.1 Å². The summed E-state index contributed by atoms with van der Waals surface area (Å²) in [5.74, 6) is -0.413.